The molecule has 1 aromatic heterocycles. The largest absolute Gasteiger partial charge is 0.450 e. The van der Waals surface area contributed by atoms with Gasteiger partial charge in [-0.25, -0.2) is 13.2 Å². The highest BCUT2D eigenvalue weighted by molar-refractivity contribution is 7.89. The van der Waals surface area contributed by atoms with E-state index in [4.69, 9.17) is 4.74 Å². The lowest BCUT2D eigenvalue weighted by Crippen LogP contribution is -2.51. The van der Waals surface area contributed by atoms with Gasteiger partial charge in [0.2, 0.25) is 10.0 Å². The topological polar surface area (TPSA) is 119 Å². The Morgan fingerprint density at radius 2 is 1.59 bits per heavy atom. The fourth-order valence-corrected chi connectivity index (χ4v) is 4.95. The van der Waals surface area contributed by atoms with E-state index in [0.29, 0.717) is 11.4 Å². The van der Waals surface area contributed by atoms with Crippen LogP contribution in [0.2, 0.25) is 0 Å². The number of carbonyl (C=O) groups is 3. The van der Waals surface area contributed by atoms with Gasteiger partial charge in [-0.3, -0.25) is 14.3 Å². The fraction of sp³-hybridized carbons (Fsp3) is 0.429. The van der Waals surface area contributed by atoms with Crippen LogP contribution in [0.15, 0.2) is 29.2 Å². The number of ether oxygens (including phenoxy) is 1. The van der Waals surface area contributed by atoms with E-state index in [1.54, 1.807) is 45.2 Å². The van der Waals surface area contributed by atoms with Crippen LogP contribution >= 0.6 is 0 Å². The van der Waals surface area contributed by atoms with E-state index in [0.717, 1.165) is 5.56 Å². The van der Waals surface area contributed by atoms with E-state index < -0.39 is 34.3 Å². The highest BCUT2D eigenvalue weighted by Crippen LogP contribution is 2.18. The summed E-state index contributed by atoms with van der Waals surface area (Å²) in [5.74, 6) is -2.47. The Balaban J connectivity index is 1.54. The average molecular weight is 463 g/mol. The molecule has 0 N–H and O–H groups in total. The van der Waals surface area contributed by atoms with Crippen molar-refractivity contribution in [2.24, 2.45) is 7.05 Å². The molecule has 1 aromatic carbocycles. The summed E-state index contributed by atoms with van der Waals surface area (Å²) >= 11 is 0. The van der Waals surface area contributed by atoms with Crippen LogP contribution in [0.4, 0.5) is 0 Å². The fourth-order valence-electron chi connectivity index (χ4n) is 3.53. The molecular weight excluding hydrogens is 436 g/mol. The van der Waals surface area contributed by atoms with Gasteiger partial charge in [0.25, 0.3) is 11.7 Å². The molecule has 0 atom stereocenters. The number of nitrogens with zero attached hydrogens (tertiary/aromatic N) is 4. The Morgan fingerprint density at radius 3 is 2.12 bits per heavy atom. The number of esters is 1. The lowest BCUT2D eigenvalue weighted by Gasteiger charge is -2.33. The van der Waals surface area contributed by atoms with Gasteiger partial charge in [-0.15, -0.1) is 0 Å². The van der Waals surface area contributed by atoms with Crippen molar-refractivity contribution >= 4 is 27.7 Å². The van der Waals surface area contributed by atoms with E-state index in [-0.39, 0.29) is 36.6 Å². The van der Waals surface area contributed by atoms with Gasteiger partial charge in [0, 0.05) is 38.9 Å². The molecule has 1 saturated heterocycles. The van der Waals surface area contributed by atoms with Crippen LogP contribution < -0.4 is 0 Å². The average Bonchev–Trinajstić information content (AvgIpc) is 3.02. The Kier molecular flexibility index (Phi) is 6.79. The van der Waals surface area contributed by atoms with Gasteiger partial charge in [0.05, 0.1) is 16.2 Å². The highest BCUT2D eigenvalue weighted by Gasteiger charge is 2.31. The zero-order valence-electron chi connectivity index (χ0n) is 18.5. The van der Waals surface area contributed by atoms with Crippen molar-refractivity contribution in [2.45, 2.75) is 25.7 Å². The second kappa shape index (κ2) is 9.21. The number of hydrogen-bond acceptors (Lipinski definition) is 7. The van der Waals surface area contributed by atoms with Crippen LogP contribution in [0.3, 0.4) is 0 Å². The molecule has 0 spiro atoms. The maximum absolute atomic E-state index is 12.8. The second-order valence-electron chi connectivity index (χ2n) is 7.67. The molecule has 172 valence electrons. The highest BCUT2D eigenvalue weighted by atomic mass is 32.2. The molecule has 1 aliphatic heterocycles. The van der Waals surface area contributed by atoms with Crippen molar-refractivity contribution in [1.29, 1.82) is 0 Å². The Morgan fingerprint density at radius 1 is 1.00 bits per heavy atom. The minimum Gasteiger partial charge on any atom is -0.450 e. The van der Waals surface area contributed by atoms with Crippen LogP contribution in [-0.2, 0) is 31.4 Å². The summed E-state index contributed by atoms with van der Waals surface area (Å²) in [5.41, 5.74) is 2.06. The van der Waals surface area contributed by atoms with Gasteiger partial charge >= 0.3 is 5.97 Å². The summed E-state index contributed by atoms with van der Waals surface area (Å²) in [5, 5.41) is 4.09. The van der Waals surface area contributed by atoms with E-state index in [2.05, 4.69) is 5.10 Å². The first-order valence-electron chi connectivity index (χ1n) is 10.1. The van der Waals surface area contributed by atoms with Gasteiger partial charge in [0.1, 0.15) is 0 Å². The smallest absolute Gasteiger partial charge is 0.380 e. The quantitative estimate of drug-likeness (QED) is 0.350. The third kappa shape index (κ3) is 4.73. The third-order valence-electron chi connectivity index (χ3n) is 5.50. The monoisotopic (exact) mass is 462 g/mol. The van der Waals surface area contributed by atoms with Crippen molar-refractivity contribution in [2.75, 3.05) is 32.8 Å². The van der Waals surface area contributed by atoms with Crippen molar-refractivity contribution < 1.29 is 27.5 Å². The predicted molar refractivity (Wildman–Crippen MR) is 114 cm³/mol. The first kappa shape index (κ1) is 23.6. The lowest BCUT2D eigenvalue weighted by atomic mass is 10.1. The maximum Gasteiger partial charge on any atom is 0.380 e. The molecule has 0 bridgehead atoms. The molecule has 0 saturated carbocycles. The van der Waals surface area contributed by atoms with Gasteiger partial charge in [-0.1, -0.05) is 17.7 Å². The lowest BCUT2D eigenvalue weighted by molar-refractivity contribution is -0.148. The molecule has 0 unspecified atom stereocenters. The van der Waals surface area contributed by atoms with E-state index in [1.165, 1.54) is 13.9 Å². The van der Waals surface area contributed by atoms with Crippen LogP contribution in [-0.4, -0.2) is 77.8 Å². The molecule has 0 radical (unpaired) electrons. The number of Topliss-reactive ketones (excluding diaryl/α,β-unsaturated/α-hetero) is 1. The zero-order chi connectivity index (χ0) is 23.6. The van der Waals surface area contributed by atoms with E-state index >= 15 is 0 Å². The number of piperazine rings is 1. The number of aromatic nitrogens is 2. The summed E-state index contributed by atoms with van der Waals surface area (Å²) in [6, 6.07) is 6.59. The SMILES string of the molecule is Cc1ccc(S(=O)(=O)N2CCN(C(=O)COC(=O)C(=O)c3c(C)nn(C)c3C)CC2)cc1. The Labute approximate surface area is 186 Å². The number of aryl methyl sites for hydroxylation is 3. The molecule has 10 nitrogen and oxygen atoms in total. The number of benzene rings is 1. The second-order valence-corrected chi connectivity index (χ2v) is 9.61. The first-order valence-corrected chi connectivity index (χ1v) is 11.5. The Hall–Kier alpha value is -3.05. The van der Waals surface area contributed by atoms with Crippen LogP contribution in [0.1, 0.15) is 27.3 Å². The molecule has 11 heteroatoms. The normalized spacial score (nSPS) is 14.9. The molecule has 1 fully saturated rings. The zero-order valence-corrected chi connectivity index (χ0v) is 19.3. The van der Waals surface area contributed by atoms with Crippen molar-refractivity contribution in [3.05, 3.63) is 46.8 Å². The number of rotatable bonds is 6. The molecule has 1 amide bonds. The van der Waals surface area contributed by atoms with E-state index in [1.807, 2.05) is 6.92 Å². The molecule has 1 aliphatic rings. The summed E-state index contributed by atoms with van der Waals surface area (Å²) < 4.78 is 33.3. The number of hydrogen-bond donors (Lipinski definition) is 0. The van der Waals surface area contributed by atoms with Crippen molar-refractivity contribution in [3.63, 3.8) is 0 Å². The van der Waals surface area contributed by atoms with Crippen LogP contribution in [0.5, 0.6) is 0 Å². The molecular formula is C21H26N4O6S. The van der Waals surface area contributed by atoms with Crippen LogP contribution in [0.25, 0.3) is 0 Å². The van der Waals surface area contributed by atoms with Gasteiger partial charge < -0.3 is 9.64 Å². The maximum atomic E-state index is 12.8. The number of amides is 1. The summed E-state index contributed by atoms with van der Waals surface area (Å²) in [4.78, 5) is 38.6. The van der Waals surface area contributed by atoms with Gasteiger partial charge in [0.15, 0.2) is 6.61 Å². The number of sulfonamides is 1. The van der Waals surface area contributed by atoms with Crippen molar-refractivity contribution in [3.8, 4) is 0 Å². The summed E-state index contributed by atoms with van der Waals surface area (Å²) in [6.07, 6.45) is 0. The van der Waals surface area contributed by atoms with E-state index in [9.17, 15) is 22.8 Å². The van der Waals surface area contributed by atoms with Gasteiger partial charge in [-0.05, 0) is 32.9 Å². The molecule has 0 aliphatic carbocycles. The Bertz CT molecular complexity index is 1150. The predicted octanol–water partition coefficient (Wildman–Crippen LogP) is 0.604. The standard InChI is InChI=1S/C21H26N4O6S/c1-14-5-7-17(8-6-14)32(29,30)25-11-9-24(10-12-25)18(26)13-31-21(28)20(27)19-15(2)22-23(4)16(19)3/h5-8H,9-13H2,1-4H3. The molecule has 32 heavy (non-hydrogen) atoms. The van der Waals surface area contributed by atoms with Crippen molar-refractivity contribution in [1.82, 2.24) is 19.0 Å². The summed E-state index contributed by atoms with van der Waals surface area (Å²) in [6.45, 7) is 5.14. The van der Waals surface area contributed by atoms with Gasteiger partial charge in [-0.2, -0.15) is 9.40 Å². The minimum atomic E-state index is -3.64. The summed E-state index contributed by atoms with van der Waals surface area (Å²) in [7, 11) is -1.98. The number of ketones is 1. The molecule has 2 heterocycles. The minimum absolute atomic E-state index is 0.128. The first-order chi connectivity index (χ1) is 15.0. The number of carbonyl (C=O) groups excluding carboxylic acids is 3. The molecule has 3 rings (SSSR count). The third-order valence-corrected chi connectivity index (χ3v) is 7.41. The molecule has 2 aromatic rings. The van der Waals surface area contributed by atoms with Crippen LogP contribution in [0, 0.1) is 20.8 Å².